The molecule has 0 unspecified atom stereocenters. The van der Waals surface area contributed by atoms with Gasteiger partial charge in [0.25, 0.3) is 5.91 Å². The molecule has 1 saturated carbocycles. The van der Waals surface area contributed by atoms with Crippen molar-refractivity contribution < 1.29 is 22.7 Å². The standard InChI is InChI=1S/C18H25ClN2O5S/c1-12(17(22)21-11-13-6-4-3-5-7-13)26-18(23)15-10-14(8-9-16(15)19)27(24,25)20-2/h8-10,12-13,20H,3-7,11H2,1-2H3,(H,21,22)/t12-/m1/s1. The van der Waals surface area contributed by atoms with Gasteiger partial charge in [-0.25, -0.2) is 17.9 Å². The van der Waals surface area contributed by atoms with Crippen molar-refractivity contribution in [2.75, 3.05) is 13.6 Å². The molecular weight excluding hydrogens is 392 g/mol. The second-order valence-electron chi connectivity index (χ2n) is 6.65. The van der Waals surface area contributed by atoms with Crippen molar-refractivity contribution in [3.8, 4) is 0 Å². The number of rotatable bonds is 7. The predicted octanol–water partition coefficient (Wildman–Crippen LogP) is 2.49. The van der Waals surface area contributed by atoms with Crippen LogP contribution in [0.3, 0.4) is 0 Å². The number of benzene rings is 1. The van der Waals surface area contributed by atoms with Crippen molar-refractivity contribution >= 4 is 33.5 Å². The number of sulfonamides is 1. The highest BCUT2D eigenvalue weighted by molar-refractivity contribution is 7.89. The van der Waals surface area contributed by atoms with E-state index in [1.165, 1.54) is 45.4 Å². The first kappa shape index (κ1) is 21.7. The number of hydrogen-bond donors (Lipinski definition) is 2. The maximum atomic E-state index is 12.4. The molecule has 1 atom stereocenters. The molecule has 1 aromatic rings. The van der Waals surface area contributed by atoms with E-state index in [-0.39, 0.29) is 21.4 Å². The minimum absolute atomic E-state index is 0.0462. The Labute approximate surface area is 164 Å². The number of amides is 1. The molecule has 0 aromatic heterocycles. The van der Waals surface area contributed by atoms with Crippen LogP contribution in [0.2, 0.25) is 5.02 Å². The second-order valence-corrected chi connectivity index (χ2v) is 8.94. The van der Waals surface area contributed by atoms with Crippen LogP contribution in [0.4, 0.5) is 0 Å². The number of nitrogens with one attached hydrogen (secondary N) is 2. The molecule has 9 heteroatoms. The van der Waals surface area contributed by atoms with E-state index in [1.54, 1.807) is 0 Å². The number of carbonyl (C=O) groups excluding carboxylic acids is 2. The van der Waals surface area contributed by atoms with Gasteiger partial charge in [0.2, 0.25) is 10.0 Å². The summed E-state index contributed by atoms with van der Waals surface area (Å²) in [5, 5.41) is 2.86. The van der Waals surface area contributed by atoms with Crippen LogP contribution >= 0.6 is 11.6 Å². The zero-order valence-corrected chi connectivity index (χ0v) is 17.0. The summed E-state index contributed by atoms with van der Waals surface area (Å²) in [5.41, 5.74) is -0.111. The molecule has 1 aliphatic rings. The molecule has 0 spiro atoms. The Kier molecular flexibility index (Phi) is 7.64. The first-order valence-corrected chi connectivity index (χ1v) is 10.8. The maximum Gasteiger partial charge on any atom is 0.340 e. The molecular formula is C18H25ClN2O5S. The summed E-state index contributed by atoms with van der Waals surface area (Å²) in [5.74, 6) is -0.777. The maximum absolute atomic E-state index is 12.4. The van der Waals surface area contributed by atoms with Crippen molar-refractivity contribution in [1.82, 2.24) is 10.0 Å². The Bertz CT molecular complexity index is 791. The van der Waals surface area contributed by atoms with E-state index < -0.39 is 22.1 Å². The second kappa shape index (κ2) is 9.52. The van der Waals surface area contributed by atoms with E-state index in [0.29, 0.717) is 12.5 Å². The fourth-order valence-electron chi connectivity index (χ4n) is 3.00. The number of esters is 1. The van der Waals surface area contributed by atoms with Gasteiger partial charge in [0.05, 0.1) is 15.5 Å². The SMILES string of the molecule is CNS(=O)(=O)c1ccc(Cl)c(C(=O)O[C@H](C)C(=O)NCC2CCCCC2)c1. The van der Waals surface area contributed by atoms with Crippen molar-refractivity contribution in [2.24, 2.45) is 5.92 Å². The lowest BCUT2D eigenvalue weighted by molar-refractivity contribution is -0.129. The molecule has 0 aliphatic heterocycles. The Hall–Kier alpha value is -1.64. The summed E-state index contributed by atoms with van der Waals surface area (Å²) >= 11 is 5.99. The first-order chi connectivity index (χ1) is 12.7. The molecule has 0 bridgehead atoms. The summed E-state index contributed by atoms with van der Waals surface area (Å²) in [6, 6.07) is 3.71. The molecule has 1 amide bonds. The average molecular weight is 417 g/mol. The van der Waals surface area contributed by atoms with E-state index in [4.69, 9.17) is 16.3 Å². The molecule has 2 N–H and O–H groups in total. The lowest BCUT2D eigenvalue weighted by atomic mass is 9.89. The molecule has 7 nitrogen and oxygen atoms in total. The fourth-order valence-corrected chi connectivity index (χ4v) is 3.95. The van der Waals surface area contributed by atoms with Crippen LogP contribution < -0.4 is 10.0 Å². The van der Waals surface area contributed by atoms with Crippen LogP contribution in [-0.2, 0) is 19.6 Å². The molecule has 0 radical (unpaired) electrons. The summed E-state index contributed by atoms with van der Waals surface area (Å²) in [6.07, 6.45) is 4.77. The van der Waals surface area contributed by atoms with Gasteiger partial charge in [0.1, 0.15) is 0 Å². The number of ether oxygens (including phenoxy) is 1. The lowest BCUT2D eigenvalue weighted by Crippen LogP contribution is -2.38. The Morgan fingerprint density at radius 1 is 1.26 bits per heavy atom. The van der Waals surface area contributed by atoms with Gasteiger partial charge >= 0.3 is 5.97 Å². The normalized spacial score (nSPS) is 16.6. The van der Waals surface area contributed by atoms with Crippen LogP contribution in [0.1, 0.15) is 49.4 Å². The number of carbonyl (C=O) groups is 2. The van der Waals surface area contributed by atoms with Crippen LogP contribution in [0.15, 0.2) is 23.1 Å². The quantitative estimate of drug-likeness (QED) is 0.665. The summed E-state index contributed by atoms with van der Waals surface area (Å²) in [6.45, 7) is 2.04. The molecule has 1 aliphatic carbocycles. The largest absolute Gasteiger partial charge is 0.449 e. The first-order valence-electron chi connectivity index (χ1n) is 8.96. The third-order valence-corrected chi connectivity index (χ3v) is 6.42. The summed E-state index contributed by atoms with van der Waals surface area (Å²) < 4.78 is 31.1. The Balaban J connectivity index is 1.99. The topological polar surface area (TPSA) is 102 Å². The van der Waals surface area contributed by atoms with Gasteiger partial charge in [-0.2, -0.15) is 0 Å². The summed E-state index contributed by atoms with van der Waals surface area (Å²) in [4.78, 5) is 24.4. The van der Waals surface area contributed by atoms with Crippen LogP contribution in [0, 0.1) is 5.92 Å². The van der Waals surface area contributed by atoms with E-state index >= 15 is 0 Å². The highest BCUT2D eigenvalue weighted by Crippen LogP contribution is 2.23. The molecule has 1 fully saturated rings. The van der Waals surface area contributed by atoms with Gasteiger partial charge in [-0.1, -0.05) is 30.9 Å². The summed E-state index contributed by atoms with van der Waals surface area (Å²) in [7, 11) is -2.47. The minimum Gasteiger partial charge on any atom is -0.449 e. The molecule has 0 saturated heterocycles. The monoisotopic (exact) mass is 416 g/mol. The van der Waals surface area contributed by atoms with Gasteiger partial charge in [-0.15, -0.1) is 0 Å². The van der Waals surface area contributed by atoms with Crippen molar-refractivity contribution in [2.45, 2.75) is 50.0 Å². The molecule has 0 heterocycles. The van der Waals surface area contributed by atoms with E-state index in [1.807, 2.05) is 0 Å². The van der Waals surface area contributed by atoms with E-state index in [0.717, 1.165) is 18.9 Å². The van der Waals surface area contributed by atoms with E-state index in [2.05, 4.69) is 10.0 Å². The van der Waals surface area contributed by atoms with Crippen LogP contribution in [0.5, 0.6) is 0 Å². The molecule has 2 rings (SSSR count). The zero-order chi connectivity index (χ0) is 20.0. The van der Waals surface area contributed by atoms with Gasteiger partial charge in [-0.05, 0) is 50.9 Å². The van der Waals surface area contributed by atoms with Gasteiger partial charge in [0, 0.05) is 6.54 Å². The zero-order valence-electron chi connectivity index (χ0n) is 15.5. The Morgan fingerprint density at radius 3 is 2.56 bits per heavy atom. The third-order valence-electron chi connectivity index (χ3n) is 4.68. The van der Waals surface area contributed by atoms with Crippen molar-refractivity contribution in [3.63, 3.8) is 0 Å². The lowest BCUT2D eigenvalue weighted by Gasteiger charge is -2.22. The van der Waals surface area contributed by atoms with Crippen LogP contribution in [-0.4, -0.2) is 40.0 Å². The number of hydrogen-bond acceptors (Lipinski definition) is 5. The molecule has 1 aromatic carbocycles. The highest BCUT2D eigenvalue weighted by atomic mass is 35.5. The Morgan fingerprint density at radius 2 is 1.93 bits per heavy atom. The van der Waals surface area contributed by atoms with Gasteiger partial charge in [0.15, 0.2) is 6.10 Å². The van der Waals surface area contributed by atoms with Gasteiger partial charge < -0.3 is 10.1 Å². The smallest absolute Gasteiger partial charge is 0.340 e. The number of halogens is 1. The third kappa shape index (κ3) is 5.92. The van der Waals surface area contributed by atoms with Crippen molar-refractivity contribution in [3.05, 3.63) is 28.8 Å². The fraction of sp³-hybridized carbons (Fsp3) is 0.556. The van der Waals surface area contributed by atoms with Gasteiger partial charge in [-0.3, -0.25) is 4.79 Å². The molecule has 150 valence electrons. The average Bonchev–Trinajstić information content (AvgIpc) is 2.66. The minimum atomic E-state index is -3.73. The molecule has 27 heavy (non-hydrogen) atoms. The predicted molar refractivity (Wildman–Crippen MR) is 102 cm³/mol. The highest BCUT2D eigenvalue weighted by Gasteiger charge is 2.23. The van der Waals surface area contributed by atoms with E-state index in [9.17, 15) is 18.0 Å². The van der Waals surface area contributed by atoms with Crippen molar-refractivity contribution in [1.29, 1.82) is 0 Å². The van der Waals surface area contributed by atoms with Crippen LogP contribution in [0.25, 0.3) is 0 Å².